The zero-order chi connectivity index (χ0) is 24.6. The number of benzene rings is 1. The Morgan fingerprint density at radius 1 is 0.970 bits per heavy atom. The summed E-state index contributed by atoms with van der Waals surface area (Å²) < 4.78 is 17.7. The Kier molecular flexibility index (Phi) is 6.40. The minimum absolute atomic E-state index is 0.478. The first-order chi connectivity index (χ1) is 15.3. The van der Waals surface area contributed by atoms with Crippen LogP contribution in [-0.4, -0.2) is 40.0 Å². The Morgan fingerprint density at radius 3 is 2.24 bits per heavy atom. The number of pyridine rings is 1. The van der Waals surface area contributed by atoms with Crippen molar-refractivity contribution in [2.75, 3.05) is 12.4 Å². The summed E-state index contributed by atoms with van der Waals surface area (Å²) in [6.45, 7) is 12.8. The third-order valence-corrected chi connectivity index (χ3v) is 4.60. The molecule has 33 heavy (non-hydrogen) atoms. The highest BCUT2D eigenvalue weighted by atomic mass is 16.6. The van der Waals surface area contributed by atoms with Crippen LogP contribution < -0.4 is 10.1 Å². The van der Waals surface area contributed by atoms with Crippen molar-refractivity contribution in [3.05, 3.63) is 42.2 Å². The van der Waals surface area contributed by atoms with Gasteiger partial charge in [-0.2, -0.15) is 0 Å². The lowest BCUT2D eigenvalue weighted by molar-refractivity contribution is 0.0542. The minimum Gasteiger partial charge on any atom is -0.495 e. The van der Waals surface area contributed by atoms with Gasteiger partial charge in [-0.15, -0.1) is 0 Å². The molecule has 2 heterocycles. The zero-order valence-electron chi connectivity index (χ0n) is 20.4. The smallest absolute Gasteiger partial charge is 0.420 e. The molecule has 0 spiro atoms. The number of nitrogens with zero attached hydrogens (tertiary/aromatic N) is 2. The molecule has 2 aromatic heterocycles. The van der Waals surface area contributed by atoms with E-state index in [9.17, 15) is 9.59 Å². The van der Waals surface area contributed by atoms with E-state index in [0.29, 0.717) is 17.1 Å². The number of fused-ring (bicyclic) bond motifs is 1. The largest absolute Gasteiger partial charge is 0.495 e. The van der Waals surface area contributed by atoms with Crippen LogP contribution in [0.5, 0.6) is 5.75 Å². The summed E-state index contributed by atoms with van der Waals surface area (Å²) in [5.41, 5.74) is 2.30. The molecule has 0 saturated carbocycles. The molecule has 176 valence electrons. The number of aromatic nitrogens is 2. The van der Waals surface area contributed by atoms with Crippen molar-refractivity contribution in [2.45, 2.75) is 59.7 Å². The molecular formula is C25H31N3O5. The summed E-state index contributed by atoms with van der Waals surface area (Å²) in [7, 11) is 1.53. The normalized spacial score (nSPS) is 11.9. The molecule has 0 unspecified atom stereocenters. The predicted octanol–water partition coefficient (Wildman–Crippen LogP) is 6.15. The number of carbonyl (C=O) groups is 2. The van der Waals surface area contributed by atoms with E-state index in [4.69, 9.17) is 14.2 Å². The standard InChI is InChI=1S/C25H31N3O5/c1-15-14-28(23(30)33-25(5,6)7)21-18(15)11-17(13-26-21)16-9-10-20(31-8)19(12-16)27-22(29)32-24(2,3)4/h9-14H,1-8H3,(H,27,29). The van der Waals surface area contributed by atoms with Gasteiger partial charge < -0.3 is 14.2 Å². The zero-order valence-corrected chi connectivity index (χ0v) is 20.4. The fourth-order valence-corrected chi connectivity index (χ4v) is 3.27. The van der Waals surface area contributed by atoms with Crippen molar-refractivity contribution >= 4 is 28.9 Å². The number of carbonyl (C=O) groups excluding carboxylic acids is 2. The van der Waals surface area contributed by atoms with E-state index in [1.165, 1.54) is 11.7 Å². The molecule has 0 atom stereocenters. The van der Waals surface area contributed by atoms with Gasteiger partial charge in [0.25, 0.3) is 0 Å². The van der Waals surface area contributed by atoms with Gasteiger partial charge in [0.1, 0.15) is 22.6 Å². The number of hydrogen-bond donors (Lipinski definition) is 1. The number of amides is 1. The molecule has 8 nitrogen and oxygen atoms in total. The van der Waals surface area contributed by atoms with Gasteiger partial charge in [0.2, 0.25) is 0 Å². The number of ether oxygens (including phenoxy) is 3. The van der Waals surface area contributed by atoms with Crippen LogP contribution in [0.25, 0.3) is 22.2 Å². The minimum atomic E-state index is -0.622. The lowest BCUT2D eigenvalue weighted by atomic mass is 10.0. The van der Waals surface area contributed by atoms with E-state index in [0.717, 1.165) is 22.1 Å². The molecule has 0 radical (unpaired) electrons. The number of nitrogens with one attached hydrogen (secondary N) is 1. The third-order valence-electron chi connectivity index (χ3n) is 4.60. The summed E-state index contributed by atoms with van der Waals surface area (Å²) in [6, 6.07) is 7.40. The van der Waals surface area contributed by atoms with Gasteiger partial charge in [-0.1, -0.05) is 6.07 Å². The Morgan fingerprint density at radius 2 is 1.64 bits per heavy atom. The Bertz CT molecular complexity index is 1200. The van der Waals surface area contributed by atoms with Crippen LogP contribution in [0.15, 0.2) is 36.7 Å². The maximum absolute atomic E-state index is 12.6. The number of hydrogen-bond acceptors (Lipinski definition) is 6. The molecule has 0 aliphatic rings. The van der Waals surface area contributed by atoms with Crippen LogP contribution >= 0.6 is 0 Å². The summed E-state index contributed by atoms with van der Waals surface area (Å²) in [5.74, 6) is 0.505. The van der Waals surface area contributed by atoms with E-state index in [1.54, 1.807) is 45.3 Å². The molecule has 0 aliphatic carbocycles. The van der Waals surface area contributed by atoms with Gasteiger partial charge in [0, 0.05) is 23.3 Å². The number of rotatable bonds is 3. The first kappa shape index (κ1) is 24.1. The molecule has 1 amide bonds. The predicted molar refractivity (Wildman–Crippen MR) is 128 cm³/mol. The topological polar surface area (TPSA) is 91.7 Å². The molecule has 1 N–H and O–H groups in total. The van der Waals surface area contributed by atoms with Crippen LogP contribution in [0.1, 0.15) is 47.1 Å². The van der Waals surface area contributed by atoms with Crippen LogP contribution in [0.3, 0.4) is 0 Å². The van der Waals surface area contributed by atoms with Gasteiger partial charge in [-0.05, 0) is 77.8 Å². The van der Waals surface area contributed by atoms with Crippen LogP contribution in [-0.2, 0) is 9.47 Å². The summed E-state index contributed by atoms with van der Waals surface area (Å²) >= 11 is 0. The fourth-order valence-electron chi connectivity index (χ4n) is 3.27. The lowest BCUT2D eigenvalue weighted by Gasteiger charge is -2.20. The van der Waals surface area contributed by atoms with E-state index < -0.39 is 23.4 Å². The van der Waals surface area contributed by atoms with Crippen LogP contribution in [0, 0.1) is 6.92 Å². The fraction of sp³-hybridized carbons (Fsp3) is 0.400. The molecule has 0 saturated heterocycles. The molecule has 3 aromatic rings. The highest BCUT2D eigenvalue weighted by molar-refractivity contribution is 5.93. The third kappa shape index (κ3) is 5.83. The number of methoxy groups -OCH3 is 1. The number of aryl methyl sites for hydroxylation is 1. The highest BCUT2D eigenvalue weighted by Crippen LogP contribution is 2.33. The molecule has 0 bridgehead atoms. The van der Waals surface area contributed by atoms with Crippen molar-refractivity contribution < 1.29 is 23.8 Å². The molecule has 8 heteroatoms. The Hall–Kier alpha value is -3.55. The van der Waals surface area contributed by atoms with Crippen molar-refractivity contribution in [3.8, 4) is 16.9 Å². The molecule has 0 aliphatic heterocycles. The van der Waals surface area contributed by atoms with Gasteiger partial charge >= 0.3 is 12.2 Å². The van der Waals surface area contributed by atoms with Gasteiger partial charge in [0.15, 0.2) is 0 Å². The molecule has 3 rings (SSSR count). The molecular weight excluding hydrogens is 422 g/mol. The van der Waals surface area contributed by atoms with Crippen molar-refractivity contribution in [2.24, 2.45) is 0 Å². The maximum atomic E-state index is 12.6. The first-order valence-electron chi connectivity index (χ1n) is 10.7. The van der Waals surface area contributed by atoms with Crippen molar-refractivity contribution in [1.29, 1.82) is 0 Å². The Balaban J connectivity index is 1.97. The van der Waals surface area contributed by atoms with Crippen molar-refractivity contribution in [1.82, 2.24) is 9.55 Å². The average Bonchev–Trinajstić information content (AvgIpc) is 3.01. The lowest BCUT2D eigenvalue weighted by Crippen LogP contribution is -2.27. The first-order valence-corrected chi connectivity index (χ1v) is 10.7. The SMILES string of the molecule is COc1ccc(-c2cnc3c(c2)c(C)cn3C(=O)OC(C)(C)C)cc1NC(=O)OC(C)(C)C. The van der Waals surface area contributed by atoms with Gasteiger partial charge in [-0.25, -0.2) is 19.1 Å². The molecule has 1 aromatic carbocycles. The highest BCUT2D eigenvalue weighted by Gasteiger charge is 2.21. The van der Waals surface area contributed by atoms with Crippen LogP contribution in [0.2, 0.25) is 0 Å². The molecule has 0 fully saturated rings. The summed E-state index contributed by atoms with van der Waals surface area (Å²) in [4.78, 5) is 29.4. The average molecular weight is 454 g/mol. The maximum Gasteiger partial charge on any atom is 0.420 e. The van der Waals surface area contributed by atoms with Crippen molar-refractivity contribution in [3.63, 3.8) is 0 Å². The monoisotopic (exact) mass is 453 g/mol. The second-order valence-electron chi connectivity index (χ2n) is 9.80. The second-order valence-corrected chi connectivity index (χ2v) is 9.80. The van der Waals surface area contributed by atoms with Crippen LogP contribution in [0.4, 0.5) is 15.3 Å². The summed E-state index contributed by atoms with van der Waals surface area (Å²) in [6.07, 6.45) is 2.35. The van der Waals surface area contributed by atoms with E-state index in [1.807, 2.05) is 39.8 Å². The number of anilines is 1. The van der Waals surface area contributed by atoms with Gasteiger partial charge in [0.05, 0.1) is 12.8 Å². The Labute approximate surface area is 193 Å². The van der Waals surface area contributed by atoms with Gasteiger partial charge in [-0.3, -0.25) is 5.32 Å². The van der Waals surface area contributed by atoms with E-state index in [2.05, 4.69) is 10.3 Å². The van der Waals surface area contributed by atoms with E-state index >= 15 is 0 Å². The second kappa shape index (κ2) is 8.77. The van der Waals surface area contributed by atoms with E-state index in [-0.39, 0.29) is 0 Å². The summed E-state index contributed by atoms with van der Waals surface area (Å²) in [5, 5.41) is 3.58. The quantitative estimate of drug-likeness (QED) is 0.511.